The predicted molar refractivity (Wildman–Crippen MR) is 57.5 cm³/mol. The number of aliphatic hydroxyl groups is 1. The Labute approximate surface area is 89.6 Å². The van der Waals surface area contributed by atoms with Crippen molar-refractivity contribution in [3.05, 3.63) is 22.8 Å². The standard InChI is InChI=1S/C12H16O3/c1-7-6-10(9(3)13)12-11(8(7)2)14-4-5-15-12/h6,9,13H,4-5H2,1-3H3. The molecule has 3 nitrogen and oxygen atoms in total. The number of benzene rings is 1. The van der Waals surface area contributed by atoms with E-state index in [4.69, 9.17) is 9.47 Å². The average Bonchev–Trinajstić information content (AvgIpc) is 2.23. The number of fused-ring (bicyclic) bond motifs is 1. The van der Waals surface area contributed by atoms with Crippen molar-refractivity contribution in [3.63, 3.8) is 0 Å². The van der Waals surface area contributed by atoms with Crippen molar-refractivity contribution >= 4 is 0 Å². The van der Waals surface area contributed by atoms with Gasteiger partial charge in [-0.15, -0.1) is 0 Å². The van der Waals surface area contributed by atoms with Gasteiger partial charge in [0.2, 0.25) is 0 Å². The van der Waals surface area contributed by atoms with Gasteiger partial charge < -0.3 is 14.6 Å². The minimum atomic E-state index is -0.528. The molecule has 0 spiro atoms. The van der Waals surface area contributed by atoms with Crippen LogP contribution in [0.15, 0.2) is 6.07 Å². The van der Waals surface area contributed by atoms with E-state index in [9.17, 15) is 5.11 Å². The molecule has 82 valence electrons. The quantitative estimate of drug-likeness (QED) is 0.768. The summed E-state index contributed by atoms with van der Waals surface area (Å²) in [5.74, 6) is 1.50. The lowest BCUT2D eigenvalue weighted by molar-refractivity contribution is 0.152. The Kier molecular flexibility index (Phi) is 2.57. The van der Waals surface area contributed by atoms with E-state index in [0.717, 1.165) is 22.4 Å². The van der Waals surface area contributed by atoms with E-state index >= 15 is 0 Å². The normalized spacial score (nSPS) is 16.3. The first kappa shape index (κ1) is 10.3. The zero-order valence-corrected chi connectivity index (χ0v) is 9.33. The van der Waals surface area contributed by atoms with Crippen LogP contribution in [0.1, 0.15) is 29.7 Å². The second-order valence-electron chi connectivity index (χ2n) is 3.94. The Morgan fingerprint density at radius 2 is 1.80 bits per heavy atom. The minimum Gasteiger partial charge on any atom is -0.486 e. The topological polar surface area (TPSA) is 38.7 Å². The summed E-state index contributed by atoms with van der Waals surface area (Å²) in [7, 11) is 0. The van der Waals surface area contributed by atoms with Gasteiger partial charge in [0.25, 0.3) is 0 Å². The number of aryl methyl sites for hydroxylation is 1. The highest BCUT2D eigenvalue weighted by atomic mass is 16.6. The molecule has 3 heteroatoms. The summed E-state index contributed by atoms with van der Waals surface area (Å²) in [4.78, 5) is 0. The molecule has 1 unspecified atom stereocenters. The number of hydrogen-bond acceptors (Lipinski definition) is 3. The average molecular weight is 208 g/mol. The van der Waals surface area contributed by atoms with E-state index in [1.165, 1.54) is 0 Å². The van der Waals surface area contributed by atoms with Crippen molar-refractivity contribution in [2.24, 2.45) is 0 Å². The van der Waals surface area contributed by atoms with Gasteiger partial charge in [-0.2, -0.15) is 0 Å². The van der Waals surface area contributed by atoms with E-state index in [1.54, 1.807) is 6.92 Å². The predicted octanol–water partition coefficient (Wildman–Crippen LogP) is 2.13. The monoisotopic (exact) mass is 208 g/mol. The molecule has 0 amide bonds. The number of rotatable bonds is 1. The van der Waals surface area contributed by atoms with Crippen LogP contribution in [0.3, 0.4) is 0 Å². The molecule has 0 bridgehead atoms. The van der Waals surface area contributed by atoms with E-state index in [0.29, 0.717) is 19.0 Å². The Balaban J connectivity index is 2.62. The highest BCUT2D eigenvalue weighted by molar-refractivity contribution is 5.56. The SMILES string of the molecule is Cc1cc(C(C)O)c2c(c1C)OCCO2. The minimum absolute atomic E-state index is 0.528. The number of ether oxygens (including phenoxy) is 2. The van der Waals surface area contributed by atoms with Gasteiger partial charge in [-0.25, -0.2) is 0 Å². The Morgan fingerprint density at radius 3 is 2.40 bits per heavy atom. The van der Waals surface area contributed by atoms with Crippen molar-refractivity contribution < 1.29 is 14.6 Å². The van der Waals surface area contributed by atoms with Gasteiger partial charge in [0.05, 0.1) is 6.10 Å². The third-order valence-electron chi connectivity index (χ3n) is 2.80. The van der Waals surface area contributed by atoms with Crippen molar-refractivity contribution in [3.8, 4) is 11.5 Å². The van der Waals surface area contributed by atoms with E-state index in [2.05, 4.69) is 0 Å². The molecular formula is C12H16O3. The maximum atomic E-state index is 9.66. The second-order valence-corrected chi connectivity index (χ2v) is 3.94. The van der Waals surface area contributed by atoms with Crippen LogP contribution in [0.2, 0.25) is 0 Å². The van der Waals surface area contributed by atoms with Crippen LogP contribution in [0.4, 0.5) is 0 Å². The summed E-state index contributed by atoms with van der Waals surface area (Å²) in [5, 5.41) is 9.66. The molecule has 15 heavy (non-hydrogen) atoms. The fourth-order valence-electron chi connectivity index (χ4n) is 1.81. The summed E-state index contributed by atoms with van der Waals surface area (Å²) >= 11 is 0. The molecule has 0 saturated carbocycles. The van der Waals surface area contributed by atoms with Crippen LogP contribution in [0.5, 0.6) is 11.5 Å². The largest absolute Gasteiger partial charge is 0.486 e. The number of aliphatic hydroxyl groups excluding tert-OH is 1. The highest BCUT2D eigenvalue weighted by Gasteiger charge is 2.22. The summed E-state index contributed by atoms with van der Waals surface area (Å²) in [6, 6.07) is 1.97. The molecule has 1 heterocycles. The molecule has 0 aliphatic carbocycles. The van der Waals surface area contributed by atoms with Crippen molar-refractivity contribution in [2.45, 2.75) is 26.9 Å². The van der Waals surface area contributed by atoms with E-state index in [-0.39, 0.29) is 0 Å². The first-order valence-electron chi connectivity index (χ1n) is 5.19. The fourth-order valence-corrected chi connectivity index (χ4v) is 1.81. The molecule has 0 radical (unpaired) electrons. The maximum absolute atomic E-state index is 9.66. The Bertz CT molecular complexity index is 383. The first-order valence-corrected chi connectivity index (χ1v) is 5.19. The summed E-state index contributed by atoms with van der Waals surface area (Å²) in [6.07, 6.45) is -0.528. The molecule has 0 saturated heterocycles. The third-order valence-corrected chi connectivity index (χ3v) is 2.80. The van der Waals surface area contributed by atoms with Crippen LogP contribution in [-0.4, -0.2) is 18.3 Å². The maximum Gasteiger partial charge on any atom is 0.167 e. The molecule has 1 N–H and O–H groups in total. The fraction of sp³-hybridized carbons (Fsp3) is 0.500. The van der Waals surface area contributed by atoms with Crippen molar-refractivity contribution in [1.29, 1.82) is 0 Å². The Morgan fingerprint density at radius 1 is 1.20 bits per heavy atom. The summed E-state index contributed by atoms with van der Waals surface area (Å²) in [5.41, 5.74) is 3.03. The second kappa shape index (κ2) is 3.74. The van der Waals surface area contributed by atoms with E-state index < -0.39 is 6.10 Å². The third kappa shape index (κ3) is 1.67. The lowest BCUT2D eigenvalue weighted by Gasteiger charge is -2.25. The van der Waals surface area contributed by atoms with Gasteiger partial charge in [0.1, 0.15) is 13.2 Å². The van der Waals surface area contributed by atoms with E-state index in [1.807, 2.05) is 19.9 Å². The summed E-state index contributed by atoms with van der Waals surface area (Å²) in [6.45, 7) is 6.89. The molecule has 0 aromatic heterocycles. The lowest BCUT2D eigenvalue weighted by Crippen LogP contribution is -2.18. The zero-order valence-electron chi connectivity index (χ0n) is 9.33. The highest BCUT2D eigenvalue weighted by Crippen LogP contribution is 2.41. The van der Waals surface area contributed by atoms with Gasteiger partial charge in [-0.05, 0) is 38.0 Å². The molecule has 2 rings (SSSR count). The van der Waals surface area contributed by atoms with Gasteiger partial charge in [0, 0.05) is 5.56 Å². The molecular weight excluding hydrogens is 192 g/mol. The molecule has 1 aromatic rings. The van der Waals surface area contributed by atoms with Gasteiger partial charge >= 0.3 is 0 Å². The Hall–Kier alpha value is -1.22. The zero-order chi connectivity index (χ0) is 11.0. The lowest BCUT2D eigenvalue weighted by atomic mass is 10.00. The molecule has 1 aliphatic heterocycles. The van der Waals surface area contributed by atoms with Crippen LogP contribution in [-0.2, 0) is 0 Å². The van der Waals surface area contributed by atoms with Gasteiger partial charge in [-0.1, -0.05) is 0 Å². The summed E-state index contributed by atoms with van der Waals surface area (Å²) < 4.78 is 11.2. The number of hydrogen-bond donors (Lipinski definition) is 1. The van der Waals surface area contributed by atoms with Crippen LogP contribution < -0.4 is 9.47 Å². The van der Waals surface area contributed by atoms with Gasteiger partial charge in [0.15, 0.2) is 11.5 Å². The molecule has 1 aromatic carbocycles. The smallest absolute Gasteiger partial charge is 0.167 e. The van der Waals surface area contributed by atoms with Crippen LogP contribution in [0, 0.1) is 13.8 Å². The molecule has 1 aliphatic rings. The van der Waals surface area contributed by atoms with Crippen molar-refractivity contribution in [2.75, 3.05) is 13.2 Å². The van der Waals surface area contributed by atoms with Crippen LogP contribution in [0.25, 0.3) is 0 Å². The first-order chi connectivity index (χ1) is 7.11. The van der Waals surface area contributed by atoms with Gasteiger partial charge in [-0.3, -0.25) is 0 Å². The van der Waals surface area contributed by atoms with Crippen molar-refractivity contribution in [1.82, 2.24) is 0 Å². The van der Waals surface area contributed by atoms with Crippen LogP contribution >= 0.6 is 0 Å². The molecule has 0 fully saturated rings. The molecule has 1 atom stereocenters.